The topological polar surface area (TPSA) is 98.1 Å². The molecule has 0 spiro atoms. The first-order chi connectivity index (χ1) is 13.5. The first-order valence-corrected chi connectivity index (χ1v) is 9.48. The molecule has 2 aromatic heterocycles. The Bertz CT molecular complexity index is 999. The van der Waals surface area contributed by atoms with Crippen LogP contribution in [-0.4, -0.2) is 32.3 Å². The van der Waals surface area contributed by atoms with E-state index in [1.165, 1.54) is 0 Å². The molecule has 2 N–H and O–H groups in total. The third kappa shape index (κ3) is 3.84. The van der Waals surface area contributed by atoms with E-state index in [4.69, 9.17) is 21.8 Å². The molecule has 1 amide bonds. The number of nitrogens with zero attached hydrogens (tertiary/aromatic N) is 4. The number of carbonyl (C=O) groups excluding carboxylic acids is 1. The number of nitrogen functional groups attached to an aromatic ring is 1. The van der Waals surface area contributed by atoms with Gasteiger partial charge in [0.1, 0.15) is 17.5 Å². The summed E-state index contributed by atoms with van der Waals surface area (Å²) in [6, 6.07) is 9.06. The number of hydrogen-bond acceptors (Lipinski definition) is 6. The zero-order valence-electron chi connectivity index (χ0n) is 15.4. The Morgan fingerprint density at radius 3 is 3.00 bits per heavy atom. The van der Waals surface area contributed by atoms with Crippen LogP contribution in [0.15, 0.2) is 40.9 Å². The normalized spacial score (nSPS) is 16.5. The number of rotatable bonds is 4. The van der Waals surface area contributed by atoms with E-state index in [0.29, 0.717) is 35.3 Å². The summed E-state index contributed by atoms with van der Waals surface area (Å²) in [6.07, 6.45) is 3.98. The van der Waals surface area contributed by atoms with Gasteiger partial charge in [0.15, 0.2) is 0 Å². The zero-order chi connectivity index (χ0) is 19.7. The van der Waals surface area contributed by atoms with E-state index in [1.807, 2.05) is 24.3 Å². The van der Waals surface area contributed by atoms with Crippen molar-refractivity contribution in [2.45, 2.75) is 32.2 Å². The van der Waals surface area contributed by atoms with Crippen molar-refractivity contribution < 1.29 is 9.21 Å². The van der Waals surface area contributed by atoms with E-state index < -0.39 is 0 Å². The third-order valence-corrected chi connectivity index (χ3v) is 4.96. The highest BCUT2D eigenvalue weighted by Crippen LogP contribution is 2.33. The van der Waals surface area contributed by atoms with Gasteiger partial charge in [-0.3, -0.25) is 4.79 Å². The Hall–Kier alpha value is -2.93. The van der Waals surface area contributed by atoms with Crippen LogP contribution in [0.1, 0.15) is 52.3 Å². The van der Waals surface area contributed by atoms with Gasteiger partial charge < -0.3 is 15.1 Å². The molecule has 1 aromatic carbocycles. The summed E-state index contributed by atoms with van der Waals surface area (Å²) in [6.45, 7) is 2.41. The summed E-state index contributed by atoms with van der Waals surface area (Å²) < 4.78 is 5.97. The summed E-state index contributed by atoms with van der Waals surface area (Å²) in [5, 5.41) is 0.684. The fraction of sp³-hybridized carbons (Fsp3) is 0.300. The monoisotopic (exact) mass is 397 g/mol. The SMILES string of the molecule is Cc1cc(C(=O)N2CCCC2c2ncc(Cc3cccc(Cl)c3)o2)nc(N)n1. The van der Waals surface area contributed by atoms with E-state index in [-0.39, 0.29) is 17.9 Å². The fourth-order valence-electron chi connectivity index (χ4n) is 3.52. The maximum Gasteiger partial charge on any atom is 0.273 e. The van der Waals surface area contributed by atoms with Crippen LogP contribution >= 0.6 is 11.6 Å². The number of hydrogen-bond donors (Lipinski definition) is 1. The first kappa shape index (κ1) is 18.4. The third-order valence-electron chi connectivity index (χ3n) is 4.73. The minimum Gasteiger partial charge on any atom is -0.443 e. The molecule has 28 heavy (non-hydrogen) atoms. The average Bonchev–Trinajstić information content (AvgIpc) is 3.29. The highest BCUT2D eigenvalue weighted by molar-refractivity contribution is 6.30. The molecule has 3 aromatic rings. The molecule has 0 radical (unpaired) electrons. The summed E-state index contributed by atoms with van der Waals surface area (Å²) in [5.41, 5.74) is 7.69. The van der Waals surface area contributed by atoms with Crippen LogP contribution in [0.2, 0.25) is 5.02 Å². The predicted molar refractivity (Wildman–Crippen MR) is 105 cm³/mol. The van der Waals surface area contributed by atoms with Crippen LogP contribution in [0.5, 0.6) is 0 Å². The molecule has 1 unspecified atom stereocenters. The maximum atomic E-state index is 13.0. The molecular formula is C20H20ClN5O2. The second-order valence-corrected chi connectivity index (χ2v) is 7.32. The van der Waals surface area contributed by atoms with Gasteiger partial charge in [0.25, 0.3) is 5.91 Å². The van der Waals surface area contributed by atoms with Gasteiger partial charge in [-0.1, -0.05) is 23.7 Å². The number of amides is 1. The standard InChI is InChI=1S/C20H20ClN5O2/c1-12-8-16(25-20(22)24-12)19(27)26-7-3-6-17(26)18-23-11-15(28-18)10-13-4-2-5-14(21)9-13/h2,4-5,8-9,11,17H,3,6-7,10H2,1H3,(H2,22,24,25). The lowest BCUT2D eigenvalue weighted by Crippen LogP contribution is -2.31. The molecule has 4 rings (SSSR count). The molecule has 1 atom stereocenters. The number of likely N-dealkylation sites (tertiary alicyclic amines) is 1. The van der Waals surface area contributed by atoms with Crippen LogP contribution < -0.4 is 5.73 Å². The van der Waals surface area contributed by atoms with E-state index >= 15 is 0 Å². The molecule has 1 fully saturated rings. The highest BCUT2D eigenvalue weighted by Gasteiger charge is 2.34. The summed E-state index contributed by atoms with van der Waals surface area (Å²) >= 11 is 6.04. The lowest BCUT2D eigenvalue weighted by atomic mass is 10.1. The number of oxazole rings is 1. The maximum absolute atomic E-state index is 13.0. The van der Waals surface area contributed by atoms with Crippen molar-refractivity contribution in [3.05, 3.63) is 70.2 Å². The minimum atomic E-state index is -0.211. The summed E-state index contributed by atoms with van der Waals surface area (Å²) in [4.78, 5) is 27.3. The average molecular weight is 398 g/mol. The van der Waals surface area contributed by atoms with Gasteiger partial charge in [-0.25, -0.2) is 15.0 Å². The molecule has 1 aliphatic rings. The van der Waals surface area contributed by atoms with Crippen molar-refractivity contribution in [1.29, 1.82) is 0 Å². The summed E-state index contributed by atoms with van der Waals surface area (Å²) in [5.74, 6) is 1.19. The molecule has 1 saturated heterocycles. The van der Waals surface area contributed by atoms with Gasteiger partial charge in [-0.05, 0) is 43.5 Å². The lowest BCUT2D eigenvalue weighted by Gasteiger charge is -2.22. The van der Waals surface area contributed by atoms with Gasteiger partial charge in [0.05, 0.1) is 6.20 Å². The molecular weight excluding hydrogens is 378 g/mol. The van der Waals surface area contributed by atoms with Crippen molar-refractivity contribution in [2.75, 3.05) is 12.3 Å². The van der Waals surface area contributed by atoms with Gasteiger partial charge in [-0.15, -0.1) is 0 Å². The quantitative estimate of drug-likeness (QED) is 0.722. The second-order valence-electron chi connectivity index (χ2n) is 6.88. The van der Waals surface area contributed by atoms with E-state index in [1.54, 1.807) is 24.1 Å². The van der Waals surface area contributed by atoms with E-state index in [2.05, 4.69) is 15.0 Å². The number of aryl methyl sites for hydroxylation is 1. The molecule has 0 bridgehead atoms. The fourth-order valence-corrected chi connectivity index (χ4v) is 3.73. The summed E-state index contributed by atoms with van der Waals surface area (Å²) in [7, 11) is 0. The lowest BCUT2D eigenvalue weighted by molar-refractivity contribution is 0.0708. The van der Waals surface area contributed by atoms with E-state index in [0.717, 1.165) is 24.2 Å². The molecule has 0 aliphatic carbocycles. The molecule has 7 nitrogen and oxygen atoms in total. The van der Waals surface area contributed by atoms with Crippen molar-refractivity contribution in [1.82, 2.24) is 19.9 Å². The Kier molecular flexibility index (Phi) is 5.00. The van der Waals surface area contributed by atoms with Gasteiger partial charge in [0, 0.05) is 23.7 Å². The van der Waals surface area contributed by atoms with Crippen molar-refractivity contribution >= 4 is 23.5 Å². The Morgan fingerprint density at radius 2 is 2.21 bits per heavy atom. The van der Waals surface area contributed by atoms with Gasteiger partial charge in [-0.2, -0.15) is 0 Å². The molecule has 144 valence electrons. The number of benzene rings is 1. The van der Waals surface area contributed by atoms with Crippen LogP contribution in [0.3, 0.4) is 0 Å². The number of halogens is 1. The smallest absolute Gasteiger partial charge is 0.273 e. The molecule has 3 heterocycles. The van der Waals surface area contributed by atoms with Crippen molar-refractivity contribution in [3.8, 4) is 0 Å². The van der Waals surface area contributed by atoms with E-state index in [9.17, 15) is 4.79 Å². The number of aromatic nitrogens is 3. The van der Waals surface area contributed by atoms with Crippen LogP contribution in [0, 0.1) is 6.92 Å². The first-order valence-electron chi connectivity index (χ1n) is 9.11. The molecule has 0 saturated carbocycles. The number of nitrogens with two attached hydrogens (primary N) is 1. The van der Waals surface area contributed by atoms with Crippen LogP contribution in [-0.2, 0) is 6.42 Å². The Labute approximate surface area is 167 Å². The molecule has 1 aliphatic heterocycles. The van der Waals surface area contributed by atoms with Crippen LogP contribution in [0.4, 0.5) is 5.95 Å². The molecule has 8 heteroatoms. The number of carbonyl (C=O) groups is 1. The van der Waals surface area contributed by atoms with Crippen molar-refractivity contribution in [2.24, 2.45) is 0 Å². The Morgan fingerprint density at radius 1 is 1.36 bits per heavy atom. The second kappa shape index (κ2) is 7.59. The van der Waals surface area contributed by atoms with Crippen LogP contribution in [0.25, 0.3) is 0 Å². The zero-order valence-corrected chi connectivity index (χ0v) is 16.2. The van der Waals surface area contributed by atoms with Gasteiger partial charge in [0.2, 0.25) is 11.8 Å². The van der Waals surface area contributed by atoms with Gasteiger partial charge >= 0.3 is 0 Å². The predicted octanol–water partition coefficient (Wildman–Crippen LogP) is 3.58. The minimum absolute atomic E-state index is 0.0963. The largest absolute Gasteiger partial charge is 0.443 e. The Balaban J connectivity index is 1.53. The van der Waals surface area contributed by atoms with Crippen molar-refractivity contribution in [3.63, 3.8) is 0 Å². The highest BCUT2D eigenvalue weighted by atomic mass is 35.5. The number of anilines is 1.